The number of anilines is 1. The van der Waals surface area contributed by atoms with Gasteiger partial charge < -0.3 is 5.32 Å². The number of aryl methyl sites for hydroxylation is 1. The molecule has 24 heavy (non-hydrogen) atoms. The number of carbonyl (C=O) groups excluding carboxylic acids is 1. The Kier molecular flexibility index (Phi) is 5.55. The summed E-state index contributed by atoms with van der Waals surface area (Å²) >= 11 is 0. The van der Waals surface area contributed by atoms with Gasteiger partial charge in [-0.25, -0.2) is 0 Å². The molecule has 2 aliphatic carbocycles. The first-order chi connectivity index (χ1) is 11.7. The largest absolute Gasteiger partial charge is 0.326 e. The van der Waals surface area contributed by atoms with Crippen LogP contribution in [-0.2, 0) is 4.79 Å². The van der Waals surface area contributed by atoms with Crippen LogP contribution in [0.3, 0.4) is 0 Å². The number of hydrogen-bond acceptors (Lipinski definition) is 1. The van der Waals surface area contributed by atoms with Crippen LogP contribution in [0.1, 0.15) is 49.7 Å². The van der Waals surface area contributed by atoms with E-state index in [1.54, 1.807) is 0 Å². The standard InChI is InChI=1S/C22H29NO/c1-16-12-11-15-20(17(16)2)23-22(24)21-18-13-9-7-5-3-4-6-8-10-14-19(18)21/h5-8,11-12,15,18-19,21H,3-4,9-10,13-14H2,1-2H3,(H,23,24)/t18-,19-,21?/m0/s1. The van der Waals surface area contributed by atoms with Crippen LogP contribution >= 0.6 is 0 Å². The number of hydrogen-bond donors (Lipinski definition) is 1. The fourth-order valence-electron chi connectivity index (χ4n) is 3.96. The van der Waals surface area contributed by atoms with Crippen molar-refractivity contribution in [3.05, 3.63) is 53.6 Å². The second-order valence-electron chi connectivity index (χ2n) is 7.27. The van der Waals surface area contributed by atoms with Crippen LogP contribution in [0.15, 0.2) is 42.5 Å². The molecule has 2 aliphatic rings. The molecule has 0 bridgehead atoms. The average molecular weight is 323 g/mol. The van der Waals surface area contributed by atoms with Crippen molar-refractivity contribution in [3.63, 3.8) is 0 Å². The van der Waals surface area contributed by atoms with Gasteiger partial charge in [0.25, 0.3) is 0 Å². The molecule has 0 aromatic heterocycles. The van der Waals surface area contributed by atoms with Crippen LogP contribution in [-0.4, -0.2) is 5.91 Å². The molecule has 3 rings (SSSR count). The first kappa shape index (κ1) is 17.0. The second kappa shape index (κ2) is 7.83. The predicted octanol–water partition coefficient (Wildman–Crippen LogP) is 5.57. The molecule has 0 aliphatic heterocycles. The van der Waals surface area contributed by atoms with Crippen molar-refractivity contribution in [2.75, 3.05) is 5.32 Å². The molecule has 1 aromatic rings. The fourth-order valence-corrected chi connectivity index (χ4v) is 3.96. The van der Waals surface area contributed by atoms with Gasteiger partial charge in [-0.3, -0.25) is 4.79 Å². The summed E-state index contributed by atoms with van der Waals surface area (Å²) in [7, 11) is 0. The quantitative estimate of drug-likeness (QED) is 0.708. The number of amides is 1. The van der Waals surface area contributed by atoms with E-state index in [0.29, 0.717) is 11.8 Å². The molecule has 1 fully saturated rings. The first-order valence-electron chi connectivity index (χ1n) is 9.35. The summed E-state index contributed by atoms with van der Waals surface area (Å²) in [5, 5.41) is 3.19. The minimum absolute atomic E-state index is 0.201. The van der Waals surface area contributed by atoms with E-state index in [0.717, 1.165) is 44.2 Å². The van der Waals surface area contributed by atoms with Gasteiger partial charge in [-0.1, -0.05) is 36.4 Å². The maximum absolute atomic E-state index is 12.8. The Bertz CT molecular complexity index is 619. The SMILES string of the molecule is Cc1cccc(NC(=O)C2[C@H]3CCC=CCCC=CCC[C@H]23)c1C. The predicted molar refractivity (Wildman–Crippen MR) is 101 cm³/mol. The van der Waals surface area contributed by atoms with Crippen molar-refractivity contribution >= 4 is 11.6 Å². The highest BCUT2D eigenvalue weighted by atomic mass is 16.2. The summed E-state index contributed by atoms with van der Waals surface area (Å²) in [5.41, 5.74) is 3.38. The highest BCUT2D eigenvalue weighted by Gasteiger charge is 2.52. The molecular weight excluding hydrogens is 294 g/mol. The molecule has 0 unspecified atom stereocenters. The Hall–Kier alpha value is -1.83. The number of fused-ring (bicyclic) bond motifs is 1. The summed E-state index contributed by atoms with van der Waals surface area (Å²) in [5.74, 6) is 1.55. The van der Waals surface area contributed by atoms with Crippen LogP contribution in [0.2, 0.25) is 0 Å². The van der Waals surface area contributed by atoms with Crippen molar-refractivity contribution in [2.24, 2.45) is 17.8 Å². The van der Waals surface area contributed by atoms with Crippen molar-refractivity contribution in [1.82, 2.24) is 0 Å². The van der Waals surface area contributed by atoms with Gasteiger partial charge in [0.15, 0.2) is 0 Å². The van der Waals surface area contributed by atoms with Gasteiger partial charge in [-0.15, -0.1) is 0 Å². The molecule has 128 valence electrons. The lowest BCUT2D eigenvalue weighted by atomic mass is 10.1. The third kappa shape index (κ3) is 3.98. The zero-order chi connectivity index (χ0) is 16.9. The number of benzene rings is 1. The van der Waals surface area contributed by atoms with Gasteiger partial charge in [-0.05, 0) is 81.4 Å². The number of nitrogens with one attached hydrogen (secondary N) is 1. The van der Waals surface area contributed by atoms with Crippen molar-refractivity contribution in [3.8, 4) is 0 Å². The number of allylic oxidation sites excluding steroid dienone is 4. The molecule has 0 saturated heterocycles. The lowest BCUT2D eigenvalue weighted by molar-refractivity contribution is -0.117. The topological polar surface area (TPSA) is 29.1 Å². The maximum atomic E-state index is 12.8. The molecule has 0 heterocycles. The molecule has 1 N–H and O–H groups in total. The Labute approximate surface area is 146 Å². The summed E-state index contributed by atoms with van der Waals surface area (Å²) < 4.78 is 0. The van der Waals surface area contributed by atoms with Gasteiger partial charge in [0.05, 0.1) is 0 Å². The molecule has 0 spiro atoms. The molecule has 0 radical (unpaired) electrons. The van der Waals surface area contributed by atoms with Crippen LogP contribution in [0, 0.1) is 31.6 Å². The molecule has 2 heteroatoms. The number of carbonyl (C=O) groups is 1. The summed E-state index contributed by atoms with van der Waals surface area (Å²) in [4.78, 5) is 12.8. The van der Waals surface area contributed by atoms with Gasteiger partial charge >= 0.3 is 0 Å². The lowest BCUT2D eigenvalue weighted by Crippen LogP contribution is -2.16. The van der Waals surface area contributed by atoms with E-state index in [1.807, 2.05) is 12.1 Å². The van der Waals surface area contributed by atoms with Crippen LogP contribution in [0.25, 0.3) is 0 Å². The van der Waals surface area contributed by atoms with E-state index in [4.69, 9.17) is 0 Å². The van der Waals surface area contributed by atoms with E-state index in [-0.39, 0.29) is 11.8 Å². The third-order valence-electron chi connectivity index (χ3n) is 5.66. The van der Waals surface area contributed by atoms with E-state index < -0.39 is 0 Å². The third-order valence-corrected chi connectivity index (χ3v) is 5.66. The molecule has 1 amide bonds. The summed E-state index contributed by atoms with van der Waals surface area (Å²) in [6.45, 7) is 4.17. The van der Waals surface area contributed by atoms with Crippen molar-refractivity contribution in [2.45, 2.75) is 52.4 Å². The molecule has 1 aromatic carbocycles. The Morgan fingerprint density at radius 1 is 0.917 bits per heavy atom. The van der Waals surface area contributed by atoms with Crippen LogP contribution in [0.5, 0.6) is 0 Å². The minimum atomic E-state index is 0.201. The van der Waals surface area contributed by atoms with Gasteiger partial charge in [0.1, 0.15) is 0 Å². The highest BCUT2D eigenvalue weighted by Crippen LogP contribution is 2.52. The van der Waals surface area contributed by atoms with Gasteiger partial charge in [0, 0.05) is 11.6 Å². The zero-order valence-corrected chi connectivity index (χ0v) is 14.9. The first-order valence-corrected chi connectivity index (χ1v) is 9.35. The zero-order valence-electron chi connectivity index (χ0n) is 14.9. The molecule has 1 saturated carbocycles. The van der Waals surface area contributed by atoms with Crippen LogP contribution in [0.4, 0.5) is 5.69 Å². The normalized spacial score (nSPS) is 26.8. The lowest BCUT2D eigenvalue weighted by Gasteiger charge is -2.10. The maximum Gasteiger partial charge on any atom is 0.228 e. The van der Waals surface area contributed by atoms with E-state index in [9.17, 15) is 4.79 Å². The minimum Gasteiger partial charge on any atom is -0.326 e. The smallest absolute Gasteiger partial charge is 0.228 e. The fraction of sp³-hybridized carbons (Fsp3) is 0.500. The number of rotatable bonds is 2. The molecule has 2 nitrogen and oxygen atoms in total. The Balaban J connectivity index is 1.65. The van der Waals surface area contributed by atoms with E-state index in [1.165, 1.54) is 11.1 Å². The van der Waals surface area contributed by atoms with Gasteiger partial charge in [0.2, 0.25) is 5.91 Å². The second-order valence-corrected chi connectivity index (χ2v) is 7.27. The summed E-state index contributed by atoms with van der Waals surface area (Å²) in [6, 6.07) is 6.12. The Morgan fingerprint density at radius 2 is 1.50 bits per heavy atom. The van der Waals surface area contributed by atoms with Crippen molar-refractivity contribution in [1.29, 1.82) is 0 Å². The highest BCUT2D eigenvalue weighted by molar-refractivity contribution is 5.95. The summed E-state index contributed by atoms with van der Waals surface area (Å²) in [6.07, 6.45) is 16.0. The van der Waals surface area contributed by atoms with Crippen molar-refractivity contribution < 1.29 is 4.79 Å². The molecular formula is C22H29NO. The monoisotopic (exact) mass is 323 g/mol. The van der Waals surface area contributed by atoms with E-state index >= 15 is 0 Å². The van der Waals surface area contributed by atoms with Gasteiger partial charge in [-0.2, -0.15) is 0 Å². The molecule has 2 atom stereocenters. The average Bonchev–Trinajstić information content (AvgIpc) is 3.24. The Morgan fingerprint density at radius 3 is 2.12 bits per heavy atom. The van der Waals surface area contributed by atoms with Crippen LogP contribution < -0.4 is 5.32 Å². The van der Waals surface area contributed by atoms with E-state index in [2.05, 4.69) is 49.5 Å².